The van der Waals surface area contributed by atoms with Gasteiger partial charge in [0.25, 0.3) is 5.69 Å². The molecule has 0 bridgehead atoms. The van der Waals surface area contributed by atoms with Gasteiger partial charge < -0.3 is 0 Å². The lowest BCUT2D eigenvalue weighted by Gasteiger charge is -1.98. The molecular weight excluding hydrogens is 192 g/mol. The molecule has 1 aromatic heterocycles. The molecule has 0 unspecified atom stereocenters. The van der Waals surface area contributed by atoms with Gasteiger partial charge >= 0.3 is 0 Å². The van der Waals surface area contributed by atoms with Crippen LogP contribution in [0.3, 0.4) is 0 Å². The topological polar surface area (TPSA) is 56.0 Å². The van der Waals surface area contributed by atoms with Gasteiger partial charge in [-0.2, -0.15) is 0 Å². The summed E-state index contributed by atoms with van der Waals surface area (Å²) >= 11 is 5.61. The third kappa shape index (κ3) is 2.66. The van der Waals surface area contributed by atoms with Crippen molar-refractivity contribution in [1.29, 1.82) is 0 Å². The maximum Gasteiger partial charge on any atom is 0.274 e. The van der Waals surface area contributed by atoms with E-state index in [2.05, 4.69) is 4.98 Å². The number of hydrogen-bond acceptors (Lipinski definition) is 3. The summed E-state index contributed by atoms with van der Waals surface area (Å²) in [6.45, 7) is 1.98. The molecule has 0 radical (unpaired) electrons. The van der Waals surface area contributed by atoms with Crippen LogP contribution in [0.25, 0.3) is 0 Å². The minimum absolute atomic E-state index is 0.00319. The van der Waals surface area contributed by atoms with Crippen molar-refractivity contribution in [2.45, 2.75) is 19.8 Å². The summed E-state index contributed by atoms with van der Waals surface area (Å²) in [4.78, 5) is 13.9. The minimum Gasteiger partial charge on any atom is -0.258 e. The predicted octanol–water partition coefficient (Wildman–Crippen LogP) is 2.60. The van der Waals surface area contributed by atoms with Crippen LogP contribution in [-0.2, 0) is 6.42 Å². The highest BCUT2D eigenvalue weighted by atomic mass is 35.5. The molecule has 0 saturated carbocycles. The lowest BCUT2D eigenvalue weighted by Crippen LogP contribution is -1.94. The van der Waals surface area contributed by atoms with E-state index in [0.29, 0.717) is 12.1 Å². The van der Waals surface area contributed by atoms with Crippen molar-refractivity contribution in [3.63, 3.8) is 0 Å². The van der Waals surface area contributed by atoms with E-state index in [1.165, 1.54) is 12.1 Å². The van der Waals surface area contributed by atoms with Gasteiger partial charge in [0.15, 0.2) is 0 Å². The Morgan fingerprint density at radius 2 is 2.31 bits per heavy atom. The fourth-order valence-corrected chi connectivity index (χ4v) is 1.25. The molecule has 13 heavy (non-hydrogen) atoms. The van der Waals surface area contributed by atoms with Crippen LogP contribution in [0, 0.1) is 10.1 Å². The van der Waals surface area contributed by atoms with E-state index in [-0.39, 0.29) is 10.8 Å². The van der Waals surface area contributed by atoms with E-state index < -0.39 is 4.92 Å². The van der Waals surface area contributed by atoms with Crippen LogP contribution in [0.2, 0.25) is 5.15 Å². The van der Waals surface area contributed by atoms with Gasteiger partial charge in [0.05, 0.1) is 11.0 Å². The smallest absolute Gasteiger partial charge is 0.258 e. The highest BCUT2D eigenvalue weighted by Gasteiger charge is 2.09. The Kier molecular flexibility index (Phi) is 3.19. The Bertz CT molecular complexity index is 328. The zero-order chi connectivity index (χ0) is 9.84. The Morgan fingerprint density at radius 1 is 1.62 bits per heavy atom. The molecule has 70 valence electrons. The zero-order valence-corrected chi connectivity index (χ0v) is 7.91. The molecule has 0 atom stereocenters. The second-order valence-corrected chi connectivity index (χ2v) is 3.03. The Balaban J connectivity index is 3.03. The molecule has 4 nitrogen and oxygen atoms in total. The molecule has 0 spiro atoms. The summed E-state index contributed by atoms with van der Waals surface area (Å²) in [6, 6.07) is 2.70. The van der Waals surface area contributed by atoms with Gasteiger partial charge in [-0.15, -0.1) is 0 Å². The molecule has 0 amide bonds. The van der Waals surface area contributed by atoms with Gasteiger partial charge in [0.2, 0.25) is 0 Å². The second-order valence-electron chi connectivity index (χ2n) is 2.65. The molecule has 0 aromatic carbocycles. The number of halogens is 1. The van der Waals surface area contributed by atoms with Crippen LogP contribution in [0.4, 0.5) is 5.69 Å². The van der Waals surface area contributed by atoms with Crippen LogP contribution in [0.5, 0.6) is 0 Å². The van der Waals surface area contributed by atoms with Crippen LogP contribution < -0.4 is 0 Å². The molecular formula is C8H9ClN2O2. The summed E-state index contributed by atoms with van der Waals surface area (Å²) in [6.07, 6.45) is 1.60. The largest absolute Gasteiger partial charge is 0.274 e. The number of hydrogen-bond donors (Lipinski definition) is 0. The summed E-state index contributed by atoms with van der Waals surface area (Å²) in [5, 5.41) is 10.6. The Labute approximate surface area is 80.7 Å². The van der Waals surface area contributed by atoms with Crippen LogP contribution in [0.15, 0.2) is 12.1 Å². The van der Waals surface area contributed by atoms with E-state index in [0.717, 1.165) is 6.42 Å². The Morgan fingerprint density at radius 3 is 2.85 bits per heavy atom. The first kappa shape index (κ1) is 9.92. The van der Waals surface area contributed by atoms with E-state index >= 15 is 0 Å². The predicted molar refractivity (Wildman–Crippen MR) is 49.9 cm³/mol. The van der Waals surface area contributed by atoms with E-state index in [9.17, 15) is 10.1 Å². The van der Waals surface area contributed by atoms with Crippen LogP contribution >= 0.6 is 11.6 Å². The van der Waals surface area contributed by atoms with Crippen LogP contribution in [0.1, 0.15) is 19.0 Å². The van der Waals surface area contributed by atoms with Gasteiger partial charge in [-0.3, -0.25) is 10.1 Å². The summed E-state index contributed by atoms with van der Waals surface area (Å²) < 4.78 is 0. The number of rotatable bonds is 3. The minimum atomic E-state index is -0.466. The van der Waals surface area contributed by atoms with Gasteiger partial charge in [-0.05, 0) is 6.42 Å². The van der Waals surface area contributed by atoms with Crippen molar-refractivity contribution >= 4 is 17.3 Å². The molecule has 0 aliphatic heterocycles. The molecule has 0 saturated heterocycles. The highest BCUT2D eigenvalue weighted by molar-refractivity contribution is 6.29. The highest BCUT2D eigenvalue weighted by Crippen LogP contribution is 2.18. The fourth-order valence-electron chi connectivity index (χ4n) is 1.03. The molecule has 1 rings (SSSR count). The number of pyridine rings is 1. The van der Waals surface area contributed by atoms with Crippen molar-refractivity contribution in [2.75, 3.05) is 0 Å². The van der Waals surface area contributed by atoms with Crippen LogP contribution in [-0.4, -0.2) is 9.91 Å². The SMILES string of the molecule is CCCc1cc([N+](=O)[O-])cc(Cl)n1. The molecule has 1 aromatic rings. The Hall–Kier alpha value is -1.16. The van der Waals surface area contributed by atoms with Crippen molar-refractivity contribution < 1.29 is 4.92 Å². The third-order valence-electron chi connectivity index (χ3n) is 1.55. The van der Waals surface area contributed by atoms with Gasteiger partial charge in [0, 0.05) is 11.8 Å². The number of aryl methyl sites for hydroxylation is 1. The number of nitrogens with zero attached hydrogens (tertiary/aromatic N) is 2. The quantitative estimate of drug-likeness (QED) is 0.428. The van der Waals surface area contributed by atoms with E-state index in [4.69, 9.17) is 11.6 Å². The van der Waals surface area contributed by atoms with Crippen molar-refractivity contribution in [3.8, 4) is 0 Å². The van der Waals surface area contributed by atoms with E-state index in [1.807, 2.05) is 6.92 Å². The van der Waals surface area contributed by atoms with E-state index in [1.54, 1.807) is 0 Å². The molecule has 0 aliphatic carbocycles. The lowest BCUT2D eigenvalue weighted by atomic mass is 10.2. The standard InChI is InChI=1S/C8H9ClN2O2/c1-2-3-6-4-7(11(12)13)5-8(9)10-6/h4-5H,2-3H2,1H3. The zero-order valence-electron chi connectivity index (χ0n) is 7.16. The van der Waals surface area contributed by atoms with Gasteiger partial charge in [-0.1, -0.05) is 24.9 Å². The first-order chi connectivity index (χ1) is 6.13. The first-order valence-electron chi connectivity index (χ1n) is 3.94. The van der Waals surface area contributed by atoms with Gasteiger partial charge in [0.1, 0.15) is 5.15 Å². The molecule has 0 N–H and O–H groups in total. The number of nitro groups is 1. The van der Waals surface area contributed by atoms with Crippen molar-refractivity contribution in [3.05, 3.63) is 33.1 Å². The second kappa shape index (κ2) is 4.18. The van der Waals surface area contributed by atoms with Gasteiger partial charge in [-0.25, -0.2) is 4.98 Å². The third-order valence-corrected chi connectivity index (χ3v) is 1.74. The fraction of sp³-hybridized carbons (Fsp3) is 0.375. The van der Waals surface area contributed by atoms with Crippen molar-refractivity contribution in [1.82, 2.24) is 4.98 Å². The molecule has 1 heterocycles. The molecule has 0 aliphatic rings. The summed E-state index contributed by atoms with van der Waals surface area (Å²) in [5.74, 6) is 0. The maximum atomic E-state index is 10.4. The average molecular weight is 201 g/mol. The number of aromatic nitrogens is 1. The lowest BCUT2D eigenvalue weighted by molar-refractivity contribution is -0.385. The monoisotopic (exact) mass is 200 g/mol. The summed E-state index contributed by atoms with van der Waals surface area (Å²) in [7, 11) is 0. The first-order valence-corrected chi connectivity index (χ1v) is 4.32. The molecule has 0 fully saturated rings. The molecule has 5 heteroatoms. The maximum absolute atomic E-state index is 10.4. The normalized spacial score (nSPS) is 10.0. The average Bonchev–Trinajstić information content (AvgIpc) is 2.03. The summed E-state index contributed by atoms with van der Waals surface area (Å²) in [5.41, 5.74) is 0.671. The van der Waals surface area contributed by atoms with Crippen molar-refractivity contribution in [2.24, 2.45) is 0 Å².